The number of nitrogens with two attached hydrogens (primary N) is 1. The summed E-state index contributed by atoms with van der Waals surface area (Å²) in [4.78, 5) is 24.3. The molecule has 1 heterocycles. The van der Waals surface area contributed by atoms with Gasteiger partial charge in [0.1, 0.15) is 0 Å². The number of nitrogens with one attached hydrogen (secondary N) is 2. The van der Waals surface area contributed by atoms with Gasteiger partial charge in [-0.1, -0.05) is 31.4 Å². The van der Waals surface area contributed by atoms with E-state index in [1.807, 2.05) is 24.3 Å². The maximum absolute atomic E-state index is 12.4. The number of benzene rings is 1. The third-order valence-electron chi connectivity index (χ3n) is 5.33. The molecule has 0 radical (unpaired) electrons. The van der Waals surface area contributed by atoms with Crippen LogP contribution in [-0.2, 0) is 11.3 Å². The molecule has 1 aromatic heterocycles. The van der Waals surface area contributed by atoms with Gasteiger partial charge in [-0.3, -0.25) is 9.59 Å². The molecular formula is C21H27N3O3. The van der Waals surface area contributed by atoms with E-state index in [-0.39, 0.29) is 23.0 Å². The molecule has 0 spiro atoms. The van der Waals surface area contributed by atoms with Crippen molar-refractivity contribution in [3.63, 3.8) is 0 Å². The van der Waals surface area contributed by atoms with E-state index in [4.69, 9.17) is 10.2 Å². The van der Waals surface area contributed by atoms with Crippen molar-refractivity contribution in [2.75, 3.05) is 11.9 Å². The number of anilines is 1. The molecule has 3 rings (SSSR count). The summed E-state index contributed by atoms with van der Waals surface area (Å²) in [6.45, 7) is 1.04. The molecule has 6 heteroatoms. The molecule has 144 valence electrons. The van der Waals surface area contributed by atoms with E-state index in [2.05, 4.69) is 10.6 Å². The lowest BCUT2D eigenvalue weighted by atomic mass is 9.71. The van der Waals surface area contributed by atoms with Gasteiger partial charge in [-0.2, -0.15) is 0 Å². The molecule has 6 nitrogen and oxygen atoms in total. The largest absolute Gasteiger partial charge is 0.459 e. The van der Waals surface area contributed by atoms with Crippen LogP contribution in [0, 0.1) is 5.41 Å². The molecule has 0 aliphatic heterocycles. The van der Waals surface area contributed by atoms with Gasteiger partial charge in [0.25, 0.3) is 5.91 Å². The van der Waals surface area contributed by atoms with Crippen molar-refractivity contribution in [3.8, 4) is 0 Å². The van der Waals surface area contributed by atoms with Crippen molar-refractivity contribution in [1.29, 1.82) is 0 Å². The van der Waals surface area contributed by atoms with Crippen LogP contribution in [0.1, 0.15) is 54.6 Å². The van der Waals surface area contributed by atoms with Crippen molar-refractivity contribution in [2.45, 2.75) is 45.1 Å². The van der Waals surface area contributed by atoms with Crippen LogP contribution in [0.15, 0.2) is 47.1 Å². The second-order valence-corrected chi connectivity index (χ2v) is 7.35. The zero-order valence-corrected chi connectivity index (χ0v) is 15.5. The summed E-state index contributed by atoms with van der Waals surface area (Å²) < 4.78 is 5.07. The van der Waals surface area contributed by atoms with Crippen LogP contribution >= 0.6 is 0 Å². The maximum Gasteiger partial charge on any atom is 0.291 e. The second kappa shape index (κ2) is 8.86. The Labute approximate surface area is 159 Å². The number of rotatable bonds is 7. The van der Waals surface area contributed by atoms with E-state index >= 15 is 0 Å². The molecule has 1 aromatic carbocycles. The first-order chi connectivity index (χ1) is 13.1. The standard InChI is InChI=1S/C21H27N3O3/c22-15-21(10-2-1-3-11-21)13-19(25)23-14-16-6-8-17(9-7-16)24-20(26)18-5-4-12-27-18/h4-9,12H,1-3,10-11,13-15,22H2,(H,23,25)(H,24,26). The Bertz CT molecular complexity index is 747. The van der Waals surface area contributed by atoms with Gasteiger partial charge in [0, 0.05) is 18.7 Å². The number of hydrogen-bond donors (Lipinski definition) is 3. The van der Waals surface area contributed by atoms with Crippen molar-refractivity contribution < 1.29 is 14.0 Å². The van der Waals surface area contributed by atoms with Gasteiger partial charge in [0.15, 0.2) is 5.76 Å². The average molecular weight is 369 g/mol. The summed E-state index contributed by atoms with van der Waals surface area (Å²) in [6, 6.07) is 10.7. The van der Waals surface area contributed by atoms with Gasteiger partial charge < -0.3 is 20.8 Å². The highest BCUT2D eigenvalue weighted by atomic mass is 16.3. The van der Waals surface area contributed by atoms with Crippen LogP contribution in [-0.4, -0.2) is 18.4 Å². The van der Waals surface area contributed by atoms with Crippen molar-refractivity contribution in [3.05, 3.63) is 54.0 Å². The van der Waals surface area contributed by atoms with Crippen LogP contribution in [0.25, 0.3) is 0 Å². The van der Waals surface area contributed by atoms with E-state index in [0.29, 0.717) is 25.2 Å². The first-order valence-corrected chi connectivity index (χ1v) is 9.51. The normalized spacial score (nSPS) is 15.9. The molecule has 1 fully saturated rings. The van der Waals surface area contributed by atoms with Gasteiger partial charge >= 0.3 is 0 Å². The molecule has 0 saturated heterocycles. The minimum absolute atomic E-state index is 0.0255. The monoisotopic (exact) mass is 369 g/mol. The Morgan fingerprint density at radius 3 is 2.44 bits per heavy atom. The molecule has 4 N–H and O–H groups in total. The lowest BCUT2D eigenvalue weighted by Crippen LogP contribution is -2.38. The van der Waals surface area contributed by atoms with E-state index < -0.39 is 0 Å². The van der Waals surface area contributed by atoms with Crippen molar-refractivity contribution in [2.24, 2.45) is 11.1 Å². The summed E-state index contributed by atoms with van der Waals surface area (Å²) in [5.74, 6) is 0.0288. The number of amides is 2. The Kier molecular flexibility index (Phi) is 6.29. The Hall–Kier alpha value is -2.60. The van der Waals surface area contributed by atoms with Crippen LogP contribution in [0.3, 0.4) is 0 Å². The predicted octanol–water partition coefficient (Wildman–Crippen LogP) is 3.45. The van der Waals surface area contributed by atoms with Crippen LogP contribution in [0.4, 0.5) is 5.69 Å². The Morgan fingerprint density at radius 1 is 1.07 bits per heavy atom. The predicted molar refractivity (Wildman–Crippen MR) is 104 cm³/mol. The Balaban J connectivity index is 1.48. The third-order valence-corrected chi connectivity index (χ3v) is 5.33. The summed E-state index contributed by atoms with van der Waals surface area (Å²) in [6.07, 6.45) is 7.61. The molecule has 27 heavy (non-hydrogen) atoms. The van der Waals surface area contributed by atoms with Gasteiger partial charge in [-0.05, 0) is 54.6 Å². The summed E-state index contributed by atoms with van der Waals surface area (Å²) in [5, 5.41) is 5.76. The van der Waals surface area contributed by atoms with Crippen LogP contribution in [0.2, 0.25) is 0 Å². The number of carbonyl (C=O) groups is 2. The molecule has 2 aromatic rings. The lowest BCUT2D eigenvalue weighted by molar-refractivity contribution is -0.124. The summed E-state index contributed by atoms with van der Waals surface area (Å²) >= 11 is 0. The zero-order valence-electron chi connectivity index (χ0n) is 15.5. The molecule has 1 aliphatic carbocycles. The highest BCUT2D eigenvalue weighted by Gasteiger charge is 2.32. The first kappa shape index (κ1) is 19.2. The molecule has 1 saturated carbocycles. The fourth-order valence-electron chi connectivity index (χ4n) is 3.66. The van der Waals surface area contributed by atoms with Crippen LogP contribution < -0.4 is 16.4 Å². The maximum atomic E-state index is 12.4. The molecule has 1 aliphatic rings. The molecule has 0 bridgehead atoms. The third kappa shape index (κ3) is 5.20. The van der Waals surface area contributed by atoms with E-state index in [1.165, 1.54) is 12.7 Å². The van der Waals surface area contributed by atoms with Gasteiger partial charge in [-0.15, -0.1) is 0 Å². The molecule has 0 atom stereocenters. The number of furan rings is 1. The van der Waals surface area contributed by atoms with E-state index in [9.17, 15) is 9.59 Å². The first-order valence-electron chi connectivity index (χ1n) is 9.51. The number of carbonyl (C=O) groups excluding carboxylic acids is 2. The zero-order chi connectivity index (χ0) is 19.1. The minimum atomic E-state index is -0.291. The highest BCUT2D eigenvalue weighted by Crippen LogP contribution is 2.38. The van der Waals surface area contributed by atoms with Gasteiger partial charge in [0.05, 0.1) is 6.26 Å². The van der Waals surface area contributed by atoms with Gasteiger partial charge in [-0.25, -0.2) is 0 Å². The molecular weight excluding hydrogens is 342 g/mol. The smallest absolute Gasteiger partial charge is 0.291 e. The quantitative estimate of drug-likeness (QED) is 0.696. The van der Waals surface area contributed by atoms with Crippen molar-refractivity contribution in [1.82, 2.24) is 5.32 Å². The van der Waals surface area contributed by atoms with E-state index in [0.717, 1.165) is 31.2 Å². The summed E-state index contributed by atoms with van der Waals surface area (Å²) in [7, 11) is 0. The van der Waals surface area contributed by atoms with Crippen molar-refractivity contribution >= 4 is 17.5 Å². The van der Waals surface area contributed by atoms with E-state index in [1.54, 1.807) is 12.1 Å². The lowest BCUT2D eigenvalue weighted by Gasteiger charge is -2.35. The van der Waals surface area contributed by atoms with Crippen LogP contribution in [0.5, 0.6) is 0 Å². The average Bonchev–Trinajstić information content (AvgIpc) is 3.23. The van der Waals surface area contributed by atoms with Gasteiger partial charge in [0.2, 0.25) is 5.91 Å². The highest BCUT2D eigenvalue weighted by molar-refractivity contribution is 6.02. The minimum Gasteiger partial charge on any atom is -0.459 e. The molecule has 0 unspecified atom stereocenters. The second-order valence-electron chi connectivity index (χ2n) is 7.35. The Morgan fingerprint density at radius 2 is 1.81 bits per heavy atom. The molecule has 2 amide bonds. The number of hydrogen-bond acceptors (Lipinski definition) is 4. The fraction of sp³-hybridized carbons (Fsp3) is 0.429. The topological polar surface area (TPSA) is 97.4 Å². The fourth-order valence-corrected chi connectivity index (χ4v) is 3.66. The summed E-state index contributed by atoms with van der Waals surface area (Å²) in [5.41, 5.74) is 7.59. The SMILES string of the molecule is NCC1(CC(=O)NCc2ccc(NC(=O)c3ccco3)cc2)CCCCC1.